The number of nitrogens with zero attached hydrogens (tertiary/aromatic N) is 2. The first-order chi connectivity index (χ1) is 8.82. The van der Waals surface area contributed by atoms with E-state index in [-0.39, 0.29) is 17.4 Å². The first-order valence-corrected chi connectivity index (χ1v) is 9.73. The molecular weight excluding hydrogens is 271 g/mol. The first-order valence-electron chi connectivity index (χ1n) is 7.49. The van der Waals surface area contributed by atoms with Crippen molar-refractivity contribution in [3.8, 4) is 6.07 Å². The van der Waals surface area contributed by atoms with E-state index in [1.54, 1.807) is 0 Å². The molecule has 0 saturated carbocycles. The topological polar surface area (TPSA) is 67.5 Å². The van der Waals surface area contributed by atoms with Crippen LogP contribution in [0.2, 0.25) is 0 Å². The van der Waals surface area contributed by atoms with Gasteiger partial charge in [-0.2, -0.15) is 0 Å². The van der Waals surface area contributed by atoms with Crippen LogP contribution in [0.4, 0.5) is 0 Å². The molecule has 4 nitrogen and oxygen atoms in total. The molecule has 0 aliphatic rings. The zero-order valence-electron chi connectivity index (χ0n) is 14.4. The van der Waals surface area contributed by atoms with Gasteiger partial charge in [0.1, 0.15) is 0 Å². The molecule has 0 bridgehead atoms. The molecule has 20 heavy (non-hydrogen) atoms. The van der Waals surface area contributed by atoms with Crippen LogP contribution in [0.25, 0.3) is 0 Å². The molecule has 0 spiro atoms. The van der Waals surface area contributed by atoms with E-state index in [0.29, 0.717) is 12.8 Å². The molecule has 5 heteroatoms. The van der Waals surface area contributed by atoms with Gasteiger partial charge >= 0.3 is 124 Å². The van der Waals surface area contributed by atoms with Gasteiger partial charge in [0, 0.05) is 0 Å². The molecule has 0 aliphatic carbocycles. The molecule has 2 N–H and O–H groups in total. The SMILES string of the molecule is CC(C)N(C(C)(C)CCC#N)P(O)(O)(C(C)C)C(C)C. The van der Waals surface area contributed by atoms with E-state index in [0.717, 1.165) is 0 Å². The zero-order chi connectivity index (χ0) is 16.4. The predicted octanol–water partition coefficient (Wildman–Crippen LogP) is 3.88. The van der Waals surface area contributed by atoms with E-state index in [2.05, 4.69) is 6.07 Å². The third-order valence-corrected chi connectivity index (χ3v) is 10.2. The van der Waals surface area contributed by atoms with E-state index in [1.165, 1.54) is 0 Å². The van der Waals surface area contributed by atoms with Gasteiger partial charge in [-0.25, -0.2) is 0 Å². The first kappa shape index (κ1) is 19.8. The fourth-order valence-electron chi connectivity index (χ4n) is 3.30. The Morgan fingerprint density at radius 2 is 1.45 bits per heavy atom. The molecule has 0 aromatic rings. The number of nitriles is 1. The Morgan fingerprint density at radius 3 is 1.70 bits per heavy atom. The minimum atomic E-state index is -4.05. The maximum atomic E-state index is 11.4. The van der Waals surface area contributed by atoms with E-state index >= 15 is 0 Å². The molecule has 0 radical (unpaired) electrons. The summed E-state index contributed by atoms with van der Waals surface area (Å²) in [6.45, 7) is 15.5. The molecule has 0 rings (SSSR count). The van der Waals surface area contributed by atoms with E-state index in [4.69, 9.17) is 5.26 Å². The Balaban J connectivity index is 5.97. The van der Waals surface area contributed by atoms with Crippen molar-refractivity contribution in [2.24, 2.45) is 0 Å². The van der Waals surface area contributed by atoms with Gasteiger partial charge in [-0.15, -0.1) is 0 Å². The minimum absolute atomic E-state index is 0.00107. The summed E-state index contributed by atoms with van der Waals surface area (Å²) < 4.78 is 1.91. The molecule has 0 saturated heterocycles. The van der Waals surface area contributed by atoms with Gasteiger partial charge in [0.2, 0.25) is 0 Å². The van der Waals surface area contributed by atoms with E-state index in [9.17, 15) is 9.79 Å². The summed E-state index contributed by atoms with van der Waals surface area (Å²) in [7, 11) is -4.05. The van der Waals surface area contributed by atoms with E-state index < -0.39 is 12.7 Å². The fraction of sp³-hybridized carbons (Fsp3) is 0.933. The van der Waals surface area contributed by atoms with Gasteiger partial charge in [-0.3, -0.25) is 0 Å². The van der Waals surface area contributed by atoms with Crippen molar-refractivity contribution in [3.63, 3.8) is 0 Å². The number of hydrogen-bond acceptors (Lipinski definition) is 4. The Morgan fingerprint density at radius 1 is 1.05 bits per heavy atom. The standard InChI is InChI=1S/C15H33N2O2P/c1-12(2)17(15(7,8)10-9-11-16)20(18,19,13(3)4)14(5)6/h12-14,18-19H,9-10H2,1-8H3. The van der Waals surface area contributed by atoms with Crippen LogP contribution in [0, 0.1) is 11.3 Å². The van der Waals surface area contributed by atoms with Crippen LogP contribution in [0.1, 0.15) is 68.2 Å². The number of rotatable bonds is 7. The third kappa shape index (κ3) is 3.34. The van der Waals surface area contributed by atoms with Crippen molar-refractivity contribution in [2.75, 3.05) is 0 Å². The van der Waals surface area contributed by atoms with Crippen LogP contribution >= 0.6 is 7.21 Å². The normalized spacial score (nSPS) is 15.8. The Hall–Kier alpha value is -0.200. The third-order valence-electron chi connectivity index (χ3n) is 4.38. The molecule has 0 atom stereocenters. The van der Waals surface area contributed by atoms with Crippen LogP contribution in [-0.4, -0.2) is 37.4 Å². The summed E-state index contributed by atoms with van der Waals surface area (Å²) in [5, 5.41) is 8.85. The van der Waals surface area contributed by atoms with Gasteiger partial charge < -0.3 is 0 Å². The molecule has 120 valence electrons. The van der Waals surface area contributed by atoms with Crippen molar-refractivity contribution in [2.45, 2.75) is 91.1 Å². The van der Waals surface area contributed by atoms with Crippen LogP contribution in [-0.2, 0) is 0 Å². The van der Waals surface area contributed by atoms with Crippen molar-refractivity contribution in [1.82, 2.24) is 4.67 Å². The molecule has 0 aromatic heterocycles. The van der Waals surface area contributed by atoms with E-state index in [1.807, 2.05) is 60.1 Å². The second kappa shape index (κ2) is 6.28. The molecule has 0 aromatic carbocycles. The molecule has 0 heterocycles. The summed E-state index contributed by atoms with van der Waals surface area (Å²) in [5.74, 6) is 0. The monoisotopic (exact) mass is 304 g/mol. The molecule has 0 unspecified atom stereocenters. The average Bonchev–Trinajstić information content (AvgIpc) is 2.24. The van der Waals surface area contributed by atoms with Crippen molar-refractivity contribution in [1.29, 1.82) is 5.26 Å². The summed E-state index contributed by atoms with van der Waals surface area (Å²) in [4.78, 5) is 22.9. The van der Waals surface area contributed by atoms with Crippen molar-refractivity contribution < 1.29 is 9.79 Å². The van der Waals surface area contributed by atoms with Gasteiger partial charge in [0.15, 0.2) is 0 Å². The molecule has 0 aliphatic heterocycles. The second-order valence-corrected chi connectivity index (χ2v) is 11.9. The second-order valence-electron chi connectivity index (χ2n) is 7.21. The van der Waals surface area contributed by atoms with Crippen LogP contribution in [0.3, 0.4) is 0 Å². The Labute approximate surface area is 124 Å². The maximum absolute atomic E-state index is 11.4. The van der Waals surface area contributed by atoms with Gasteiger partial charge in [0.05, 0.1) is 0 Å². The van der Waals surface area contributed by atoms with Crippen molar-refractivity contribution in [3.05, 3.63) is 0 Å². The van der Waals surface area contributed by atoms with Crippen LogP contribution in [0.5, 0.6) is 0 Å². The molecule has 0 fully saturated rings. The summed E-state index contributed by atoms with van der Waals surface area (Å²) in [5.41, 5.74) is -0.894. The Bertz CT molecular complexity index is 359. The van der Waals surface area contributed by atoms with Gasteiger partial charge in [-0.05, 0) is 0 Å². The summed E-state index contributed by atoms with van der Waals surface area (Å²) in [6.07, 6.45) is 1.04. The molecular formula is C15H33N2O2P. The van der Waals surface area contributed by atoms with Crippen LogP contribution in [0.15, 0.2) is 0 Å². The van der Waals surface area contributed by atoms with Gasteiger partial charge in [-0.1, -0.05) is 0 Å². The summed E-state index contributed by atoms with van der Waals surface area (Å²) >= 11 is 0. The predicted molar refractivity (Wildman–Crippen MR) is 87.5 cm³/mol. The van der Waals surface area contributed by atoms with Crippen LogP contribution < -0.4 is 0 Å². The average molecular weight is 304 g/mol. The Kier molecular flexibility index (Phi) is 6.22. The number of hydrogen-bond donors (Lipinski definition) is 2. The fourth-order valence-corrected chi connectivity index (χ4v) is 7.64. The molecule has 0 amide bonds. The van der Waals surface area contributed by atoms with Gasteiger partial charge in [0.25, 0.3) is 0 Å². The zero-order valence-corrected chi connectivity index (χ0v) is 15.3. The van der Waals surface area contributed by atoms with Crippen molar-refractivity contribution >= 4 is 7.21 Å². The quantitative estimate of drug-likeness (QED) is 0.700. The summed E-state index contributed by atoms with van der Waals surface area (Å²) in [6, 6.07) is 2.17.